The largest absolute Gasteiger partial charge is 0.478 e. The summed E-state index contributed by atoms with van der Waals surface area (Å²) in [6, 6.07) is 9.92. The summed E-state index contributed by atoms with van der Waals surface area (Å²) in [5.41, 5.74) is 2.15. The van der Waals surface area contributed by atoms with Gasteiger partial charge in [-0.3, -0.25) is 0 Å². The van der Waals surface area contributed by atoms with E-state index in [1.54, 1.807) is 6.20 Å². The van der Waals surface area contributed by atoms with Crippen LogP contribution in [0.25, 0.3) is 0 Å². The molecule has 0 unspecified atom stereocenters. The van der Waals surface area contributed by atoms with Gasteiger partial charge in [0.25, 0.3) is 0 Å². The SMILES string of the molecule is CCNC(=NCc1cccnc1OCC)NCCc1ccc2c(c1)OCO2. The molecule has 1 aliphatic heterocycles. The highest BCUT2D eigenvalue weighted by Crippen LogP contribution is 2.32. The molecule has 144 valence electrons. The molecule has 0 saturated heterocycles. The smallest absolute Gasteiger partial charge is 0.231 e. The summed E-state index contributed by atoms with van der Waals surface area (Å²) in [5, 5.41) is 6.63. The van der Waals surface area contributed by atoms with E-state index in [1.165, 1.54) is 5.56 Å². The molecule has 0 bridgehead atoms. The molecule has 0 saturated carbocycles. The summed E-state index contributed by atoms with van der Waals surface area (Å²) in [4.78, 5) is 8.91. The van der Waals surface area contributed by atoms with Crippen molar-refractivity contribution in [3.05, 3.63) is 47.7 Å². The third-order valence-electron chi connectivity index (χ3n) is 4.03. The number of benzene rings is 1. The Balaban J connectivity index is 1.56. The Hall–Kier alpha value is -2.96. The second-order valence-corrected chi connectivity index (χ2v) is 5.96. The molecule has 0 spiro atoms. The highest BCUT2D eigenvalue weighted by Gasteiger charge is 2.13. The Kier molecular flexibility index (Phi) is 6.73. The van der Waals surface area contributed by atoms with Gasteiger partial charge in [-0.05, 0) is 44.0 Å². The van der Waals surface area contributed by atoms with Crippen molar-refractivity contribution in [1.29, 1.82) is 0 Å². The first-order valence-corrected chi connectivity index (χ1v) is 9.27. The number of hydrogen-bond donors (Lipinski definition) is 2. The molecule has 3 rings (SSSR count). The third-order valence-corrected chi connectivity index (χ3v) is 4.03. The van der Waals surface area contributed by atoms with Gasteiger partial charge in [-0.15, -0.1) is 0 Å². The molecule has 0 aliphatic carbocycles. The van der Waals surface area contributed by atoms with Gasteiger partial charge < -0.3 is 24.8 Å². The molecule has 2 heterocycles. The van der Waals surface area contributed by atoms with Gasteiger partial charge in [0.15, 0.2) is 17.5 Å². The molecule has 1 aliphatic rings. The maximum absolute atomic E-state index is 5.56. The second kappa shape index (κ2) is 9.66. The Labute approximate surface area is 159 Å². The van der Waals surface area contributed by atoms with Crippen LogP contribution in [0.2, 0.25) is 0 Å². The molecule has 1 aromatic carbocycles. The van der Waals surface area contributed by atoms with E-state index in [4.69, 9.17) is 14.2 Å². The summed E-state index contributed by atoms with van der Waals surface area (Å²) in [7, 11) is 0. The summed E-state index contributed by atoms with van der Waals surface area (Å²) in [6.07, 6.45) is 2.59. The van der Waals surface area contributed by atoms with Crippen LogP contribution < -0.4 is 24.8 Å². The highest BCUT2D eigenvalue weighted by molar-refractivity contribution is 5.79. The fourth-order valence-corrected chi connectivity index (χ4v) is 2.74. The van der Waals surface area contributed by atoms with Crippen molar-refractivity contribution in [3.63, 3.8) is 0 Å². The maximum atomic E-state index is 5.56. The van der Waals surface area contributed by atoms with Gasteiger partial charge in [0.2, 0.25) is 12.7 Å². The van der Waals surface area contributed by atoms with E-state index < -0.39 is 0 Å². The highest BCUT2D eigenvalue weighted by atomic mass is 16.7. The first-order valence-electron chi connectivity index (χ1n) is 9.27. The number of aliphatic imine (C=N–C) groups is 1. The topological polar surface area (TPSA) is 77.0 Å². The summed E-state index contributed by atoms with van der Waals surface area (Å²) in [6.45, 7) is 6.93. The number of aromatic nitrogens is 1. The Morgan fingerprint density at radius 3 is 2.93 bits per heavy atom. The van der Waals surface area contributed by atoms with Gasteiger partial charge in [-0.1, -0.05) is 12.1 Å². The van der Waals surface area contributed by atoms with Crippen LogP contribution in [-0.2, 0) is 13.0 Å². The van der Waals surface area contributed by atoms with Gasteiger partial charge in [-0.25, -0.2) is 9.98 Å². The van der Waals surface area contributed by atoms with Crippen LogP contribution in [0.5, 0.6) is 17.4 Å². The lowest BCUT2D eigenvalue weighted by Crippen LogP contribution is -2.38. The first-order chi connectivity index (χ1) is 13.3. The van der Waals surface area contributed by atoms with Crippen LogP contribution in [0.3, 0.4) is 0 Å². The molecule has 27 heavy (non-hydrogen) atoms. The Bertz CT molecular complexity index is 780. The van der Waals surface area contributed by atoms with Gasteiger partial charge in [0.05, 0.1) is 13.2 Å². The lowest BCUT2D eigenvalue weighted by Gasteiger charge is -2.12. The van der Waals surface area contributed by atoms with Crippen molar-refractivity contribution in [2.75, 3.05) is 26.5 Å². The minimum absolute atomic E-state index is 0.298. The van der Waals surface area contributed by atoms with Crippen LogP contribution in [0.15, 0.2) is 41.5 Å². The Morgan fingerprint density at radius 2 is 2.07 bits per heavy atom. The zero-order chi connectivity index (χ0) is 18.9. The van der Waals surface area contributed by atoms with Gasteiger partial charge in [0.1, 0.15) is 0 Å². The number of ether oxygens (including phenoxy) is 3. The second-order valence-electron chi connectivity index (χ2n) is 5.96. The molecule has 7 nitrogen and oxygen atoms in total. The average Bonchev–Trinajstić information content (AvgIpc) is 3.15. The number of hydrogen-bond acceptors (Lipinski definition) is 5. The quantitative estimate of drug-likeness (QED) is 0.549. The summed E-state index contributed by atoms with van der Waals surface area (Å²) in [5.74, 6) is 3.03. The van der Waals surface area contributed by atoms with E-state index in [9.17, 15) is 0 Å². The monoisotopic (exact) mass is 370 g/mol. The van der Waals surface area contributed by atoms with Crippen molar-refractivity contribution in [2.24, 2.45) is 4.99 Å². The van der Waals surface area contributed by atoms with Crippen LogP contribution in [-0.4, -0.2) is 37.4 Å². The molecule has 0 fully saturated rings. The number of fused-ring (bicyclic) bond motifs is 1. The van der Waals surface area contributed by atoms with Crippen molar-refractivity contribution in [1.82, 2.24) is 15.6 Å². The molecule has 2 aromatic rings. The maximum Gasteiger partial charge on any atom is 0.231 e. The van der Waals surface area contributed by atoms with Crippen molar-refractivity contribution in [3.8, 4) is 17.4 Å². The minimum atomic E-state index is 0.298. The normalized spacial score (nSPS) is 12.7. The predicted molar refractivity (Wildman–Crippen MR) is 104 cm³/mol. The molecule has 0 amide bonds. The van der Waals surface area contributed by atoms with Crippen LogP contribution in [0.1, 0.15) is 25.0 Å². The van der Waals surface area contributed by atoms with Crippen LogP contribution >= 0.6 is 0 Å². The number of nitrogens with zero attached hydrogens (tertiary/aromatic N) is 2. The Morgan fingerprint density at radius 1 is 1.19 bits per heavy atom. The van der Waals surface area contributed by atoms with Gasteiger partial charge in [-0.2, -0.15) is 0 Å². The number of nitrogens with one attached hydrogen (secondary N) is 2. The zero-order valence-electron chi connectivity index (χ0n) is 15.8. The fourth-order valence-electron chi connectivity index (χ4n) is 2.74. The van der Waals surface area contributed by atoms with E-state index in [0.29, 0.717) is 25.8 Å². The third kappa shape index (κ3) is 5.26. The molecule has 2 N–H and O–H groups in total. The fraction of sp³-hybridized carbons (Fsp3) is 0.400. The van der Waals surface area contributed by atoms with Gasteiger partial charge in [0, 0.05) is 24.8 Å². The standard InChI is InChI=1S/C20H26N4O3/c1-3-21-20(24-13-16-6-5-10-22-19(16)25-4-2)23-11-9-15-7-8-17-18(12-15)27-14-26-17/h5-8,10,12H,3-4,9,11,13-14H2,1-2H3,(H2,21,23,24). The van der Waals surface area contributed by atoms with Gasteiger partial charge >= 0.3 is 0 Å². The van der Waals surface area contributed by atoms with Crippen LogP contribution in [0, 0.1) is 0 Å². The van der Waals surface area contributed by atoms with Crippen molar-refractivity contribution < 1.29 is 14.2 Å². The molecular formula is C20H26N4O3. The van der Waals surface area contributed by atoms with Crippen LogP contribution in [0.4, 0.5) is 0 Å². The van der Waals surface area contributed by atoms with E-state index in [1.807, 2.05) is 38.1 Å². The first kappa shape index (κ1) is 18.8. The summed E-state index contributed by atoms with van der Waals surface area (Å²) < 4.78 is 16.3. The molecule has 0 atom stereocenters. The lowest BCUT2D eigenvalue weighted by molar-refractivity contribution is 0.174. The number of guanidine groups is 1. The van der Waals surface area contributed by atoms with E-state index in [2.05, 4.69) is 26.7 Å². The average molecular weight is 370 g/mol. The molecular weight excluding hydrogens is 344 g/mol. The minimum Gasteiger partial charge on any atom is -0.478 e. The molecule has 7 heteroatoms. The predicted octanol–water partition coefficient (Wildman–Crippen LogP) is 2.51. The lowest BCUT2D eigenvalue weighted by atomic mass is 10.1. The number of rotatable bonds is 8. The zero-order valence-corrected chi connectivity index (χ0v) is 15.8. The van der Waals surface area contributed by atoms with E-state index in [0.717, 1.165) is 42.5 Å². The van der Waals surface area contributed by atoms with Crippen molar-refractivity contribution >= 4 is 5.96 Å². The molecule has 1 aromatic heterocycles. The van der Waals surface area contributed by atoms with Crippen molar-refractivity contribution in [2.45, 2.75) is 26.8 Å². The van der Waals surface area contributed by atoms with E-state index >= 15 is 0 Å². The molecule has 0 radical (unpaired) electrons. The van der Waals surface area contributed by atoms with E-state index in [-0.39, 0.29) is 0 Å². The summed E-state index contributed by atoms with van der Waals surface area (Å²) >= 11 is 0. The number of pyridine rings is 1.